The van der Waals surface area contributed by atoms with E-state index in [2.05, 4.69) is 26.2 Å². The van der Waals surface area contributed by atoms with E-state index in [-0.39, 0.29) is 11.5 Å². The Hall–Kier alpha value is -0.610. The molecular formula is C11H17BrN2O. The summed E-state index contributed by atoms with van der Waals surface area (Å²) in [6, 6.07) is 3.79. The fraction of sp³-hybridized carbons (Fsp3) is 0.545. The fourth-order valence-electron chi connectivity index (χ4n) is 0.988. The normalized spacial score (nSPS) is 13.7. The van der Waals surface area contributed by atoms with E-state index in [4.69, 9.17) is 0 Å². The van der Waals surface area contributed by atoms with Gasteiger partial charge in [-0.25, -0.2) is 4.98 Å². The second-order valence-corrected chi connectivity index (χ2v) is 5.54. The van der Waals surface area contributed by atoms with Gasteiger partial charge in [-0.15, -0.1) is 0 Å². The molecular weight excluding hydrogens is 256 g/mol. The van der Waals surface area contributed by atoms with E-state index < -0.39 is 0 Å². The minimum absolute atomic E-state index is 0.109. The molecule has 1 rings (SSSR count). The van der Waals surface area contributed by atoms with Crippen molar-refractivity contribution >= 4 is 21.7 Å². The molecule has 3 nitrogen and oxygen atoms in total. The lowest BCUT2D eigenvalue weighted by molar-refractivity contribution is 0.0745. The molecule has 0 saturated heterocycles. The predicted molar refractivity (Wildman–Crippen MR) is 65.9 cm³/mol. The third kappa shape index (κ3) is 4.18. The maximum absolute atomic E-state index is 9.80. The molecule has 0 saturated carbocycles. The van der Waals surface area contributed by atoms with E-state index in [1.165, 1.54) is 0 Å². The van der Waals surface area contributed by atoms with Crippen molar-refractivity contribution in [3.63, 3.8) is 0 Å². The van der Waals surface area contributed by atoms with Crippen LogP contribution in [-0.4, -0.2) is 22.7 Å². The van der Waals surface area contributed by atoms with E-state index in [9.17, 15) is 5.11 Å². The molecule has 4 heteroatoms. The van der Waals surface area contributed by atoms with Crippen molar-refractivity contribution in [1.29, 1.82) is 0 Å². The molecule has 0 bridgehead atoms. The summed E-state index contributed by atoms with van der Waals surface area (Å²) in [6.45, 7) is 6.54. The van der Waals surface area contributed by atoms with Gasteiger partial charge in [0.15, 0.2) is 0 Å². The number of rotatable bonds is 3. The van der Waals surface area contributed by atoms with Crippen molar-refractivity contribution in [2.75, 3.05) is 11.9 Å². The maximum Gasteiger partial charge on any atom is 0.126 e. The second kappa shape index (κ2) is 4.94. The molecule has 0 spiro atoms. The Labute approximate surface area is 99.1 Å². The molecule has 1 heterocycles. The number of pyridine rings is 1. The molecule has 0 aromatic carbocycles. The van der Waals surface area contributed by atoms with Crippen LogP contribution in [0, 0.1) is 5.41 Å². The number of aromatic nitrogens is 1. The largest absolute Gasteiger partial charge is 0.391 e. The number of aliphatic hydroxyl groups excluding tert-OH is 1. The standard InChI is InChI=1S/C11H17BrN2O/c1-11(2,3)9(15)7-14-10-5-4-8(12)6-13-10/h4-6,9,15H,7H2,1-3H3,(H,13,14). The van der Waals surface area contributed by atoms with Gasteiger partial charge < -0.3 is 10.4 Å². The van der Waals surface area contributed by atoms with Crippen molar-refractivity contribution in [2.45, 2.75) is 26.9 Å². The third-order valence-corrected chi connectivity index (χ3v) is 2.67. The molecule has 15 heavy (non-hydrogen) atoms. The quantitative estimate of drug-likeness (QED) is 0.890. The van der Waals surface area contributed by atoms with E-state index in [1.54, 1.807) is 6.20 Å². The van der Waals surface area contributed by atoms with Crippen LogP contribution < -0.4 is 5.32 Å². The summed E-state index contributed by atoms with van der Waals surface area (Å²) in [5.41, 5.74) is -0.109. The minimum atomic E-state index is -0.386. The molecule has 0 fully saturated rings. The van der Waals surface area contributed by atoms with E-state index in [0.29, 0.717) is 6.54 Å². The fourth-order valence-corrected chi connectivity index (χ4v) is 1.22. The van der Waals surface area contributed by atoms with E-state index in [1.807, 2.05) is 32.9 Å². The molecule has 0 aliphatic heterocycles. The molecule has 1 aromatic rings. The zero-order valence-electron chi connectivity index (χ0n) is 9.29. The summed E-state index contributed by atoms with van der Waals surface area (Å²) in [6.07, 6.45) is 1.34. The highest BCUT2D eigenvalue weighted by Crippen LogP contribution is 2.19. The van der Waals surface area contributed by atoms with Crippen LogP contribution in [0.5, 0.6) is 0 Å². The highest BCUT2D eigenvalue weighted by atomic mass is 79.9. The average molecular weight is 273 g/mol. The van der Waals surface area contributed by atoms with E-state index >= 15 is 0 Å². The van der Waals surface area contributed by atoms with Crippen LogP contribution >= 0.6 is 15.9 Å². The smallest absolute Gasteiger partial charge is 0.126 e. The van der Waals surface area contributed by atoms with Gasteiger partial charge in [0.05, 0.1) is 6.10 Å². The molecule has 0 amide bonds. The highest BCUT2D eigenvalue weighted by molar-refractivity contribution is 9.10. The predicted octanol–water partition coefficient (Wildman–Crippen LogP) is 2.66. The first-order valence-electron chi connectivity index (χ1n) is 4.93. The van der Waals surface area contributed by atoms with Gasteiger partial charge in [-0.05, 0) is 33.5 Å². The minimum Gasteiger partial charge on any atom is -0.391 e. The summed E-state index contributed by atoms with van der Waals surface area (Å²) >= 11 is 3.32. The first-order valence-corrected chi connectivity index (χ1v) is 5.72. The monoisotopic (exact) mass is 272 g/mol. The van der Waals surface area contributed by atoms with E-state index in [0.717, 1.165) is 10.3 Å². The molecule has 2 N–H and O–H groups in total. The van der Waals surface area contributed by atoms with Crippen LogP contribution in [0.15, 0.2) is 22.8 Å². The Kier molecular flexibility index (Phi) is 4.11. The summed E-state index contributed by atoms with van der Waals surface area (Å²) in [7, 11) is 0. The molecule has 1 aromatic heterocycles. The van der Waals surface area contributed by atoms with Crippen molar-refractivity contribution < 1.29 is 5.11 Å². The molecule has 0 aliphatic rings. The number of nitrogens with zero attached hydrogens (tertiary/aromatic N) is 1. The zero-order valence-corrected chi connectivity index (χ0v) is 10.9. The van der Waals surface area contributed by atoms with Crippen LogP contribution in [0.3, 0.4) is 0 Å². The summed E-state index contributed by atoms with van der Waals surface area (Å²) in [4.78, 5) is 4.16. The van der Waals surface area contributed by atoms with Gasteiger partial charge in [0.2, 0.25) is 0 Å². The van der Waals surface area contributed by atoms with Gasteiger partial charge in [-0.3, -0.25) is 0 Å². The van der Waals surface area contributed by atoms with Gasteiger partial charge in [-0.2, -0.15) is 0 Å². The van der Waals surface area contributed by atoms with Crippen LogP contribution in [0.25, 0.3) is 0 Å². The summed E-state index contributed by atoms with van der Waals surface area (Å²) < 4.78 is 0.949. The highest BCUT2D eigenvalue weighted by Gasteiger charge is 2.21. The number of nitrogens with one attached hydrogen (secondary N) is 1. The first-order chi connectivity index (χ1) is 6.89. The molecule has 84 valence electrons. The lowest BCUT2D eigenvalue weighted by atomic mass is 9.89. The number of aliphatic hydroxyl groups is 1. The SMILES string of the molecule is CC(C)(C)C(O)CNc1ccc(Br)cn1. The lowest BCUT2D eigenvalue weighted by Gasteiger charge is -2.26. The number of hydrogen-bond donors (Lipinski definition) is 2. The molecule has 0 radical (unpaired) electrons. The van der Waals surface area contributed by atoms with Gasteiger partial charge in [-0.1, -0.05) is 20.8 Å². The Morgan fingerprint density at radius 1 is 1.47 bits per heavy atom. The van der Waals surface area contributed by atoms with Crippen LogP contribution in [-0.2, 0) is 0 Å². The Morgan fingerprint density at radius 3 is 2.60 bits per heavy atom. The van der Waals surface area contributed by atoms with Gasteiger partial charge in [0.1, 0.15) is 5.82 Å². The number of halogens is 1. The molecule has 0 aliphatic carbocycles. The van der Waals surface area contributed by atoms with Gasteiger partial charge >= 0.3 is 0 Å². The second-order valence-electron chi connectivity index (χ2n) is 4.62. The topological polar surface area (TPSA) is 45.1 Å². The van der Waals surface area contributed by atoms with Crippen molar-refractivity contribution in [1.82, 2.24) is 4.98 Å². The van der Waals surface area contributed by atoms with Crippen molar-refractivity contribution in [3.05, 3.63) is 22.8 Å². The summed E-state index contributed by atoms with van der Waals surface area (Å²) in [5.74, 6) is 0.779. The lowest BCUT2D eigenvalue weighted by Crippen LogP contribution is -2.33. The van der Waals surface area contributed by atoms with Gasteiger partial charge in [0.25, 0.3) is 0 Å². The Bertz CT molecular complexity index is 305. The molecule has 1 atom stereocenters. The Morgan fingerprint density at radius 2 is 2.13 bits per heavy atom. The first kappa shape index (κ1) is 12.5. The van der Waals surface area contributed by atoms with Crippen molar-refractivity contribution in [3.8, 4) is 0 Å². The van der Waals surface area contributed by atoms with Crippen molar-refractivity contribution in [2.24, 2.45) is 5.41 Å². The number of hydrogen-bond acceptors (Lipinski definition) is 3. The maximum atomic E-state index is 9.80. The van der Waals surface area contributed by atoms with Crippen LogP contribution in [0.4, 0.5) is 5.82 Å². The Balaban J connectivity index is 2.47. The average Bonchev–Trinajstić information content (AvgIpc) is 2.15. The van der Waals surface area contributed by atoms with Gasteiger partial charge in [0, 0.05) is 17.2 Å². The summed E-state index contributed by atoms with van der Waals surface area (Å²) in [5, 5.41) is 12.9. The van der Waals surface area contributed by atoms with Crippen LogP contribution in [0.1, 0.15) is 20.8 Å². The number of anilines is 1. The molecule has 1 unspecified atom stereocenters. The third-order valence-electron chi connectivity index (χ3n) is 2.20. The van der Waals surface area contributed by atoms with Crippen LogP contribution in [0.2, 0.25) is 0 Å². The zero-order chi connectivity index (χ0) is 11.5.